The minimum absolute atomic E-state index is 0.0642. The number of nitrogens with zero attached hydrogens (tertiary/aromatic N) is 2. The van der Waals surface area contributed by atoms with E-state index in [1.165, 1.54) is 0 Å². The first-order valence-electron chi connectivity index (χ1n) is 6.43. The van der Waals surface area contributed by atoms with Crippen molar-refractivity contribution in [1.29, 1.82) is 0 Å². The molecule has 1 aromatic carbocycles. The molecule has 2 rings (SSSR count). The summed E-state index contributed by atoms with van der Waals surface area (Å²) in [6.45, 7) is 4.43. The van der Waals surface area contributed by atoms with Gasteiger partial charge in [0.15, 0.2) is 0 Å². The molecule has 0 saturated carbocycles. The van der Waals surface area contributed by atoms with Crippen LogP contribution in [0.2, 0.25) is 0 Å². The second-order valence-corrected chi connectivity index (χ2v) is 4.83. The summed E-state index contributed by atoms with van der Waals surface area (Å²) in [5.74, 6) is 0.713. The lowest BCUT2D eigenvalue weighted by Crippen LogP contribution is -2.28. The standard InChI is InChI=1S/C14H20N4O/c1-10-5-4-6-11-13(10)16-12(17-14(11)19)9-18(3)8-7-15-2/h4-6,15H,7-9H2,1-3H3,(H,16,17,19). The van der Waals surface area contributed by atoms with Gasteiger partial charge in [-0.05, 0) is 32.6 Å². The molecule has 0 atom stereocenters. The number of aromatic nitrogens is 2. The van der Waals surface area contributed by atoms with Crippen molar-refractivity contribution in [2.45, 2.75) is 13.5 Å². The van der Waals surface area contributed by atoms with Crippen LogP contribution in [0.25, 0.3) is 10.9 Å². The fourth-order valence-electron chi connectivity index (χ4n) is 2.06. The van der Waals surface area contributed by atoms with E-state index in [-0.39, 0.29) is 5.56 Å². The summed E-state index contributed by atoms with van der Waals surface area (Å²) in [6, 6.07) is 5.67. The van der Waals surface area contributed by atoms with Gasteiger partial charge in [0.25, 0.3) is 5.56 Å². The van der Waals surface area contributed by atoms with Crippen molar-refractivity contribution < 1.29 is 0 Å². The number of aromatic amines is 1. The van der Waals surface area contributed by atoms with Gasteiger partial charge in [0.05, 0.1) is 17.4 Å². The summed E-state index contributed by atoms with van der Waals surface area (Å²) in [5.41, 5.74) is 1.76. The second-order valence-electron chi connectivity index (χ2n) is 4.83. The Bertz CT molecular complexity index is 620. The van der Waals surface area contributed by atoms with E-state index < -0.39 is 0 Å². The third kappa shape index (κ3) is 3.19. The van der Waals surface area contributed by atoms with Gasteiger partial charge < -0.3 is 10.3 Å². The van der Waals surface area contributed by atoms with Crippen molar-refractivity contribution in [1.82, 2.24) is 20.2 Å². The van der Waals surface area contributed by atoms with Gasteiger partial charge in [0, 0.05) is 13.1 Å². The molecule has 0 fully saturated rings. The molecule has 0 aliphatic rings. The Hall–Kier alpha value is -1.72. The SMILES string of the molecule is CNCCN(C)Cc1nc2c(C)cccc2c(=O)[nH]1. The summed E-state index contributed by atoms with van der Waals surface area (Å²) >= 11 is 0. The Kier molecular flexibility index (Phi) is 4.29. The molecular weight excluding hydrogens is 240 g/mol. The fraction of sp³-hybridized carbons (Fsp3) is 0.429. The highest BCUT2D eigenvalue weighted by Gasteiger charge is 2.07. The largest absolute Gasteiger partial charge is 0.318 e. The predicted molar refractivity (Wildman–Crippen MR) is 77.4 cm³/mol. The van der Waals surface area contributed by atoms with Crippen molar-refractivity contribution >= 4 is 10.9 Å². The van der Waals surface area contributed by atoms with E-state index in [0.29, 0.717) is 17.8 Å². The topological polar surface area (TPSA) is 61.0 Å². The number of rotatable bonds is 5. The van der Waals surface area contributed by atoms with E-state index >= 15 is 0 Å². The number of fused-ring (bicyclic) bond motifs is 1. The molecule has 0 amide bonds. The van der Waals surface area contributed by atoms with Gasteiger partial charge in [-0.25, -0.2) is 4.98 Å². The van der Waals surface area contributed by atoms with Crippen LogP contribution in [0, 0.1) is 6.92 Å². The third-order valence-corrected chi connectivity index (χ3v) is 3.15. The Balaban J connectivity index is 2.30. The summed E-state index contributed by atoms with van der Waals surface area (Å²) < 4.78 is 0. The van der Waals surface area contributed by atoms with Crippen LogP contribution < -0.4 is 10.9 Å². The van der Waals surface area contributed by atoms with Crippen LogP contribution in [0.5, 0.6) is 0 Å². The normalized spacial score (nSPS) is 11.4. The van der Waals surface area contributed by atoms with Crippen LogP contribution in [-0.4, -0.2) is 42.1 Å². The van der Waals surface area contributed by atoms with E-state index in [9.17, 15) is 4.79 Å². The van der Waals surface area contributed by atoms with Gasteiger partial charge in [-0.2, -0.15) is 0 Å². The molecule has 19 heavy (non-hydrogen) atoms. The van der Waals surface area contributed by atoms with E-state index in [4.69, 9.17) is 0 Å². The Labute approximate surface area is 112 Å². The van der Waals surface area contributed by atoms with Crippen LogP contribution in [0.4, 0.5) is 0 Å². The first-order chi connectivity index (χ1) is 9.11. The molecule has 0 radical (unpaired) electrons. The van der Waals surface area contributed by atoms with Crippen molar-refractivity contribution in [3.8, 4) is 0 Å². The zero-order valence-electron chi connectivity index (χ0n) is 11.7. The molecule has 0 spiro atoms. The number of aryl methyl sites for hydroxylation is 1. The second kappa shape index (κ2) is 5.95. The molecular formula is C14H20N4O. The number of hydrogen-bond acceptors (Lipinski definition) is 4. The molecule has 0 bridgehead atoms. The van der Waals surface area contributed by atoms with E-state index in [2.05, 4.69) is 20.2 Å². The van der Waals surface area contributed by atoms with Gasteiger partial charge in [-0.1, -0.05) is 12.1 Å². The molecule has 2 aromatic rings. The number of H-pyrrole nitrogens is 1. The number of hydrogen-bond donors (Lipinski definition) is 2. The first-order valence-corrected chi connectivity index (χ1v) is 6.43. The van der Waals surface area contributed by atoms with E-state index in [1.54, 1.807) is 0 Å². The molecule has 5 nitrogen and oxygen atoms in total. The number of nitrogens with one attached hydrogen (secondary N) is 2. The summed E-state index contributed by atoms with van der Waals surface area (Å²) in [4.78, 5) is 21.6. The fourth-order valence-corrected chi connectivity index (χ4v) is 2.06. The maximum atomic E-state index is 12.0. The molecule has 0 aliphatic carbocycles. The minimum atomic E-state index is -0.0642. The number of para-hydroxylation sites is 1. The highest BCUT2D eigenvalue weighted by atomic mass is 16.1. The Morgan fingerprint density at radius 2 is 2.21 bits per heavy atom. The maximum absolute atomic E-state index is 12.0. The van der Waals surface area contributed by atoms with Gasteiger partial charge in [-0.15, -0.1) is 0 Å². The predicted octanol–water partition coefficient (Wildman–Crippen LogP) is 0.883. The number of likely N-dealkylation sites (N-methyl/N-ethyl adjacent to an activating group) is 2. The highest BCUT2D eigenvalue weighted by molar-refractivity contribution is 5.80. The van der Waals surface area contributed by atoms with Crippen molar-refractivity contribution in [2.24, 2.45) is 0 Å². The quantitative estimate of drug-likeness (QED) is 0.838. The van der Waals surface area contributed by atoms with Crippen LogP contribution in [0.1, 0.15) is 11.4 Å². The summed E-state index contributed by atoms with van der Waals surface area (Å²) in [5, 5.41) is 3.75. The minimum Gasteiger partial charge on any atom is -0.318 e. The van der Waals surface area contributed by atoms with Gasteiger partial charge in [0.1, 0.15) is 5.82 Å². The van der Waals surface area contributed by atoms with Crippen molar-refractivity contribution in [3.05, 3.63) is 39.9 Å². The van der Waals surface area contributed by atoms with Gasteiger partial charge >= 0.3 is 0 Å². The zero-order chi connectivity index (χ0) is 13.8. The first kappa shape index (κ1) is 13.7. The van der Waals surface area contributed by atoms with E-state index in [1.807, 2.05) is 39.2 Å². The molecule has 5 heteroatoms. The molecule has 102 valence electrons. The van der Waals surface area contributed by atoms with Crippen LogP contribution in [0.3, 0.4) is 0 Å². The average molecular weight is 260 g/mol. The van der Waals surface area contributed by atoms with Gasteiger partial charge in [-0.3, -0.25) is 9.69 Å². The molecule has 0 aliphatic heterocycles. The Morgan fingerprint density at radius 3 is 2.95 bits per heavy atom. The van der Waals surface area contributed by atoms with Crippen LogP contribution in [-0.2, 0) is 6.54 Å². The Morgan fingerprint density at radius 1 is 1.42 bits per heavy atom. The zero-order valence-corrected chi connectivity index (χ0v) is 11.7. The van der Waals surface area contributed by atoms with Crippen molar-refractivity contribution in [2.75, 3.05) is 27.2 Å². The molecule has 1 heterocycles. The highest BCUT2D eigenvalue weighted by Crippen LogP contribution is 2.12. The molecule has 2 N–H and O–H groups in total. The number of benzene rings is 1. The third-order valence-electron chi connectivity index (χ3n) is 3.15. The maximum Gasteiger partial charge on any atom is 0.258 e. The lowest BCUT2D eigenvalue weighted by atomic mass is 10.1. The van der Waals surface area contributed by atoms with Gasteiger partial charge in [0.2, 0.25) is 0 Å². The van der Waals surface area contributed by atoms with Crippen LogP contribution in [0.15, 0.2) is 23.0 Å². The lowest BCUT2D eigenvalue weighted by molar-refractivity contribution is 0.320. The molecule has 0 unspecified atom stereocenters. The smallest absolute Gasteiger partial charge is 0.258 e. The molecule has 1 aromatic heterocycles. The lowest BCUT2D eigenvalue weighted by Gasteiger charge is -2.15. The van der Waals surface area contributed by atoms with Crippen molar-refractivity contribution in [3.63, 3.8) is 0 Å². The monoisotopic (exact) mass is 260 g/mol. The van der Waals surface area contributed by atoms with Crippen LogP contribution >= 0.6 is 0 Å². The average Bonchev–Trinajstić information content (AvgIpc) is 2.38. The molecule has 0 saturated heterocycles. The summed E-state index contributed by atoms with van der Waals surface area (Å²) in [7, 11) is 3.94. The van der Waals surface area contributed by atoms with E-state index in [0.717, 1.165) is 24.2 Å². The summed E-state index contributed by atoms with van der Waals surface area (Å²) in [6.07, 6.45) is 0.